The van der Waals surface area contributed by atoms with Gasteiger partial charge in [0.1, 0.15) is 5.75 Å². The van der Waals surface area contributed by atoms with E-state index in [1.165, 1.54) is 19.2 Å². The fourth-order valence-electron chi connectivity index (χ4n) is 2.34. The summed E-state index contributed by atoms with van der Waals surface area (Å²) in [4.78, 5) is 24.9. The molecule has 1 amide bonds. The standard InChI is InChI=1S/C19H21NO5S/c1-13(18(21)20-12-14-8-4-6-10-16(14)24-2)25-19(22)15-9-5-7-11-17(15)26(3)23/h4-11,13H,12H2,1-3H3,(H,20,21)/t13-,26-/m1/s1. The van der Waals surface area contributed by atoms with Gasteiger partial charge in [-0.2, -0.15) is 0 Å². The van der Waals surface area contributed by atoms with Crippen LogP contribution in [0.25, 0.3) is 0 Å². The summed E-state index contributed by atoms with van der Waals surface area (Å²) in [6.45, 7) is 1.74. The molecule has 2 aromatic carbocycles. The number of carbonyl (C=O) groups excluding carboxylic acids is 2. The molecule has 0 heterocycles. The van der Waals surface area contributed by atoms with E-state index in [0.717, 1.165) is 5.56 Å². The van der Waals surface area contributed by atoms with Gasteiger partial charge in [0, 0.05) is 18.4 Å². The summed E-state index contributed by atoms with van der Waals surface area (Å²) in [7, 11) is 0.222. The Kier molecular flexibility index (Phi) is 6.91. The molecule has 0 saturated carbocycles. The van der Waals surface area contributed by atoms with Gasteiger partial charge in [-0.25, -0.2) is 4.79 Å². The quantitative estimate of drug-likeness (QED) is 0.751. The van der Waals surface area contributed by atoms with E-state index in [-0.39, 0.29) is 12.1 Å². The molecule has 0 aliphatic carbocycles. The van der Waals surface area contributed by atoms with E-state index < -0.39 is 28.8 Å². The van der Waals surface area contributed by atoms with Crippen molar-refractivity contribution in [3.63, 3.8) is 0 Å². The van der Waals surface area contributed by atoms with Gasteiger partial charge >= 0.3 is 5.97 Å². The molecule has 26 heavy (non-hydrogen) atoms. The average molecular weight is 375 g/mol. The summed E-state index contributed by atoms with van der Waals surface area (Å²) in [5.74, 6) is -0.452. The van der Waals surface area contributed by atoms with E-state index in [0.29, 0.717) is 10.6 Å². The molecule has 0 aromatic heterocycles. The maximum atomic E-state index is 12.3. The van der Waals surface area contributed by atoms with Gasteiger partial charge in [-0.15, -0.1) is 0 Å². The predicted molar refractivity (Wildman–Crippen MR) is 98.5 cm³/mol. The van der Waals surface area contributed by atoms with Crippen molar-refractivity contribution in [2.24, 2.45) is 0 Å². The highest BCUT2D eigenvalue weighted by Crippen LogP contribution is 2.17. The lowest BCUT2D eigenvalue weighted by atomic mass is 10.2. The summed E-state index contributed by atoms with van der Waals surface area (Å²) in [5.41, 5.74) is 1.01. The van der Waals surface area contributed by atoms with Crippen molar-refractivity contribution in [2.45, 2.75) is 24.5 Å². The zero-order valence-corrected chi connectivity index (χ0v) is 15.7. The average Bonchev–Trinajstić information content (AvgIpc) is 2.66. The smallest absolute Gasteiger partial charge is 0.340 e. The molecule has 7 heteroatoms. The molecule has 1 N–H and O–H groups in total. The Labute approximate surface area is 155 Å². The first kappa shape index (κ1) is 19.7. The fraction of sp³-hybridized carbons (Fsp3) is 0.263. The van der Waals surface area contributed by atoms with Crippen LogP contribution in [-0.2, 0) is 26.9 Å². The van der Waals surface area contributed by atoms with Crippen molar-refractivity contribution in [1.29, 1.82) is 0 Å². The summed E-state index contributed by atoms with van der Waals surface area (Å²) >= 11 is 0. The molecule has 0 aliphatic rings. The highest BCUT2D eigenvalue weighted by atomic mass is 32.2. The van der Waals surface area contributed by atoms with Gasteiger partial charge in [0.05, 0.1) is 28.4 Å². The van der Waals surface area contributed by atoms with E-state index in [2.05, 4.69) is 5.32 Å². The number of rotatable bonds is 7. The topological polar surface area (TPSA) is 81.7 Å². The minimum atomic E-state index is -1.33. The molecule has 6 nitrogen and oxygen atoms in total. The molecular formula is C19H21NO5S. The van der Waals surface area contributed by atoms with Crippen LogP contribution in [0.3, 0.4) is 0 Å². The lowest BCUT2D eigenvalue weighted by molar-refractivity contribution is -0.129. The van der Waals surface area contributed by atoms with Gasteiger partial charge in [0.15, 0.2) is 6.10 Å². The Morgan fingerprint density at radius 1 is 1.12 bits per heavy atom. The van der Waals surface area contributed by atoms with Crippen molar-refractivity contribution in [1.82, 2.24) is 5.32 Å². The van der Waals surface area contributed by atoms with Crippen LogP contribution in [0.2, 0.25) is 0 Å². The van der Waals surface area contributed by atoms with Crippen LogP contribution in [0.1, 0.15) is 22.8 Å². The van der Waals surface area contributed by atoms with Crippen molar-refractivity contribution in [3.8, 4) is 5.75 Å². The largest absolute Gasteiger partial charge is 0.496 e. The van der Waals surface area contributed by atoms with Crippen LogP contribution in [0, 0.1) is 0 Å². The van der Waals surface area contributed by atoms with E-state index in [4.69, 9.17) is 9.47 Å². The number of hydrogen-bond donors (Lipinski definition) is 1. The van der Waals surface area contributed by atoms with E-state index >= 15 is 0 Å². The molecule has 138 valence electrons. The third-order valence-corrected chi connectivity index (χ3v) is 4.69. The third kappa shape index (κ3) is 4.92. The Hall–Kier alpha value is -2.67. The number of para-hydroxylation sites is 1. The first-order chi connectivity index (χ1) is 12.4. The Morgan fingerprint density at radius 2 is 1.77 bits per heavy atom. The number of ether oxygens (including phenoxy) is 2. The summed E-state index contributed by atoms with van der Waals surface area (Å²) in [6.07, 6.45) is 0.491. The zero-order chi connectivity index (χ0) is 19.1. The summed E-state index contributed by atoms with van der Waals surface area (Å²) < 4.78 is 22.2. The molecule has 0 spiro atoms. The Balaban J connectivity index is 1.99. The predicted octanol–water partition coefficient (Wildman–Crippen LogP) is 2.29. The maximum absolute atomic E-state index is 12.3. The van der Waals surface area contributed by atoms with Gasteiger partial charge in [0.25, 0.3) is 5.91 Å². The number of methoxy groups -OCH3 is 1. The SMILES string of the molecule is COc1ccccc1CNC(=O)[C@@H](C)OC(=O)c1ccccc1[S@@](C)=O. The normalized spacial score (nSPS) is 12.7. The van der Waals surface area contributed by atoms with E-state index in [1.54, 1.807) is 31.4 Å². The third-order valence-electron chi connectivity index (χ3n) is 3.72. The molecule has 0 saturated heterocycles. The minimum absolute atomic E-state index is 0.192. The highest BCUT2D eigenvalue weighted by molar-refractivity contribution is 7.84. The molecule has 2 atom stereocenters. The Bertz CT molecular complexity index is 821. The number of esters is 1. The molecule has 0 unspecified atom stereocenters. The fourth-order valence-corrected chi connectivity index (χ4v) is 3.07. The van der Waals surface area contributed by atoms with Gasteiger partial charge < -0.3 is 14.8 Å². The minimum Gasteiger partial charge on any atom is -0.496 e. The van der Waals surface area contributed by atoms with Crippen LogP contribution in [0.15, 0.2) is 53.4 Å². The van der Waals surface area contributed by atoms with Crippen LogP contribution >= 0.6 is 0 Å². The lowest BCUT2D eigenvalue weighted by Gasteiger charge is -2.15. The lowest BCUT2D eigenvalue weighted by Crippen LogP contribution is -2.35. The maximum Gasteiger partial charge on any atom is 0.340 e. The molecule has 0 fully saturated rings. The Morgan fingerprint density at radius 3 is 2.46 bits per heavy atom. The second-order valence-electron chi connectivity index (χ2n) is 5.53. The summed E-state index contributed by atoms with van der Waals surface area (Å²) in [6, 6.07) is 13.8. The number of hydrogen-bond acceptors (Lipinski definition) is 5. The monoisotopic (exact) mass is 375 g/mol. The zero-order valence-electron chi connectivity index (χ0n) is 14.9. The first-order valence-electron chi connectivity index (χ1n) is 7.97. The van der Waals surface area contributed by atoms with Crippen molar-refractivity contribution in [2.75, 3.05) is 13.4 Å². The highest BCUT2D eigenvalue weighted by Gasteiger charge is 2.21. The van der Waals surface area contributed by atoms with Crippen molar-refractivity contribution in [3.05, 3.63) is 59.7 Å². The number of nitrogens with one attached hydrogen (secondary N) is 1. The van der Waals surface area contributed by atoms with E-state index in [9.17, 15) is 13.8 Å². The molecule has 2 aromatic rings. The molecule has 2 rings (SSSR count). The number of benzene rings is 2. The van der Waals surface area contributed by atoms with Crippen LogP contribution < -0.4 is 10.1 Å². The molecule has 0 radical (unpaired) electrons. The van der Waals surface area contributed by atoms with Gasteiger partial charge in [-0.1, -0.05) is 30.3 Å². The van der Waals surface area contributed by atoms with E-state index in [1.807, 2.05) is 18.2 Å². The van der Waals surface area contributed by atoms with Crippen LogP contribution in [0.4, 0.5) is 0 Å². The summed E-state index contributed by atoms with van der Waals surface area (Å²) in [5, 5.41) is 2.71. The second kappa shape index (κ2) is 9.15. The molecular weight excluding hydrogens is 354 g/mol. The van der Waals surface area contributed by atoms with Gasteiger partial charge in [0.2, 0.25) is 0 Å². The van der Waals surface area contributed by atoms with Gasteiger partial charge in [-0.3, -0.25) is 9.00 Å². The molecule has 0 bridgehead atoms. The number of amides is 1. The second-order valence-corrected chi connectivity index (χ2v) is 6.88. The van der Waals surface area contributed by atoms with Crippen molar-refractivity contribution >= 4 is 22.7 Å². The molecule has 0 aliphatic heterocycles. The van der Waals surface area contributed by atoms with Crippen molar-refractivity contribution < 1.29 is 23.3 Å². The van der Waals surface area contributed by atoms with Gasteiger partial charge in [-0.05, 0) is 25.1 Å². The van der Waals surface area contributed by atoms with Crippen LogP contribution in [0.5, 0.6) is 5.75 Å². The number of carbonyl (C=O) groups is 2. The first-order valence-corrected chi connectivity index (χ1v) is 9.53. The van der Waals surface area contributed by atoms with Crippen LogP contribution in [-0.4, -0.2) is 35.6 Å².